The van der Waals surface area contributed by atoms with E-state index in [2.05, 4.69) is 15.4 Å². The highest BCUT2D eigenvalue weighted by molar-refractivity contribution is 6.04. The molecule has 0 aliphatic carbocycles. The Kier molecular flexibility index (Phi) is 5.70. The van der Waals surface area contributed by atoms with Crippen molar-refractivity contribution in [1.82, 2.24) is 20.1 Å². The van der Waals surface area contributed by atoms with Crippen LogP contribution < -0.4 is 15.6 Å². The average molecular weight is 402 g/mol. The Morgan fingerprint density at radius 1 is 1.07 bits per heavy atom. The van der Waals surface area contributed by atoms with E-state index in [1.165, 1.54) is 4.68 Å². The number of ether oxygens (including phenoxy) is 1. The quantitative estimate of drug-likeness (QED) is 0.480. The van der Waals surface area contributed by atoms with Crippen LogP contribution in [0.15, 0.2) is 65.6 Å². The molecule has 0 unspecified atom stereocenters. The minimum atomic E-state index is -0.305. The van der Waals surface area contributed by atoms with Crippen molar-refractivity contribution >= 4 is 27.6 Å². The van der Waals surface area contributed by atoms with Gasteiger partial charge in [0.1, 0.15) is 11.3 Å². The Morgan fingerprint density at radius 2 is 1.87 bits per heavy atom. The zero-order valence-corrected chi connectivity index (χ0v) is 16.7. The van der Waals surface area contributed by atoms with Gasteiger partial charge in [-0.3, -0.25) is 14.6 Å². The molecule has 0 saturated carbocycles. The maximum atomic E-state index is 12.7. The van der Waals surface area contributed by atoms with Crippen LogP contribution in [0.4, 0.5) is 0 Å². The second-order valence-corrected chi connectivity index (χ2v) is 6.80. The van der Waals surface area contributed by atoms with Gasteiger partial charge in [-0.05, 0) is 31.5 Å². The van der Waals surface area contributed by atoms with E-state index in [0.717, 1.165) is 16.7 Å². The lowest BCUT2D eigenvalue weighted by Gasteiger charge is -2.11. The fourth-order valence-corrected chi connectivity index (χ4v) is 3.35. The maximum absolute atomic E-state index is 12.7. The number of pyridine rings is 1. The maximum Gasteiger partial charge on any atom is 0.274 e. The largest absolute Gasteiger partial charge is 0.491 e. The molecule has 2 aromatic carbocycles. The molecule has 4 rings (SSSR count). The van der Waals surface area contributed by atoms with Gasteiger partial charge in [-0.2, -0.15) is 5.10 Å². The van der Waals surface area contributed by atoms with E-state index >= 15 is 0 Å². The van der Waals surface area contributed by atoms with E-state index in [9.17, 15) is 9.59 Å². The van der Waals surface area contributed by atoms with Gasteiger partial charge in [0.15, 0.2) is 5.69 Å². The summed E-state index contributed by atoms with van der Waals surface area (Å²) in [6, 6.07) is 16.7. The first-order valence-electron chi connectivity index (χ1n) is 9.93. The Morgan fingerprint density at radius 3 is 2.70 bits per heavy atom. The van der Waals surface area contributed by atoms with Crippen LogP contribution in [-0.4, -0.2) is 33.8 Å². The normalized spacial score (nSPS) is 11.0. The van der Waals surface area contributed by atoms with Crippen molar-refractivity contribution in [2.45, 2.75) is 19.9 Å². The van der Waals surface area contributed by atoms with Gasteiger partial charge < -0.3 is 10.1 Å². The lowest BCUT2D eigenvalue weighted by molar-refractivity contribution is 0.0946. The highest BCUT2D eigenvalue weighted by Crippen LogP contribution is 2.22. The number of amides is 1. The number of carbonyl (C=O) groups excluding carboxylic acids is 1. The number of nitrogens with one attached hydrogen (secondary N) is 1. The van der Waals surface area contributed by atoms with Crippen LogP contribution in [0.3, 0.4) is 0 Å². The lowest BCUT2D eigenvalue weighted by atomic mass is 10.1. The van der Waals surface area contributed by atoms with Gasteiger partial charge in [-0.25, -0.2) is 4.68 Å². The number of nitrogens with zero attached hydrogens (tertiary/aromatic N) is 3. The number of aryl methyl sites for hydroxylation is 1. The first kappa shape index (κ1) is 19.6. The van der Waals surface area contributed by atoms with E-state index in [1.807, 2.05) is 37.3 Å². The molecule has 0 fully saturated rings. The molecule has 2 heterocycles. The summed E-state index contributed by atoms with van der Waals surface area (Å²) in [6.07, 6.45) is 2.36. The molecule has 7 nitrogen and oxygen atoms in total. The number of aromatic nitrogens is 3. The first-order valence-corrected chi connectivity index (χ1v) is 9.93. The smallest absolute Gasteiger partial charge is 0.274 e. The highest BCUT2D eigenvalue weighted by Gasteiger charge is 2.15. The van der Waals surface area contributed by atoms with E-state index in [-0.39, 0.29) is 17.2 Å². The second-order valence-electron chi connectivity index (χ2n) is 6.80. The minimum Gasteiger partial charge on any atom is -0.491 e. The minimum absolute atomic E-state index is 0.193. The monoisotopic (exact) mass is 402 g/mol. The van der Waals surface area contributed by atoms with Crippen LogP contribution in [0.5, 0.6) is 5.75 Å². The summed E-state index contributed by atoms with van der Waals surface area (Å²) >= 11 is 0. The summed E-state index contributed by atoms with van der Waals surface area (Å²) in [7, 11) is 0. The third kappa shape index (κ3) is 3.87. The predicted octanol–water partition coefficient (Wildman–Crippen LogP) is 3.16. The molecule has 1 amide bonds. The Hall–Kier alpha value is -3.74. The van der Waals surface area contributed by atoms with Gasteiger partial charge >= 0.3 is 0 Å². The van der Waals surface area contributed by atoms with Crippen molar-refractivity contribution in [2.75, 3.05) is 13.2 Å². The van der Waals surface area contributed by atoms with Gasteiger partial charge in [-0.1, -0.05) is 36.4 Å². The molecule has 1 N–H and O–H groups in total. The zero-order valence-electron chi connectivity index (χ0n) is 16.7. The van der Waals surface area contributed by atoms with Crippen LogP contribution in [0.1, 0.15) is 23.8 Å². The van der Waals surface area contributed by atoms with E-state index < -0.39 is 0 Å². The topological polar surface area (TPSA) is 86.1 Å². The van der Waals surface area contributed by atoms with Gasteiger partial charge in [-0.15, -0.1) is 0 Å². The van der Waals surface area contributed by atoms with Gasteiger partial charge in [0, 0.05) is 30.1 Å². The Bertz CT molecular complexity index is 1260. The molecule has 4 aromatic rings. The van der Waals surface area contributed by atoms with Crippen molar-refractivity contribution in [3.8, 4) is 5.75 Å². The molecule has 30 heavy (non-hydrogen) atoms. The number of hydrogen-bond donors (Lipinski definition) is 1. The molecule has 0 radical (unpaired) electrons. The van der Waals surface area contributed by atoms with E-state index in [0.29, 0.717) is 36.9 Å². The summed E-state index contributed by atoms with van der Waals surface area (Å²) in [5, 5.41) is 9.20. The standard InChI is InChI=1S/C23H22N4O3/c1-2-27-23(29)18-11-4-3-10-17(18)21(26-27)22(28)25-14-7-15-30-19-12-5-8-16-9-6-13-24-20(16)19/h3-6,8-13H,2,7,14-15H2,1H3,(H,25,28). The molecule has 152 valence electrons. The molecule has 0 aliphatic heterocycles. The number of benzene rings is 2. The summed E-state index contributed by atoms with van der Waals surface area (Å²) in [5.74, 6) is 0.419. The summed E-state index contributed by atoms with van der Waals surface area (Å²) in [4.78, 5) is 29.5. The van der Waals surface area contributed by atoms with Crippen molar-refractivity contribution < 1.29 is 9.53 Å². The summed E-state index contributed by atoms with van der Waals surface area (Å²) < 4.78 is 7.17. The van der Waals surface area contributed by atoms with E-state index in [4.69, 9.17) is 4.74 Å². The van der Waals surface area contributed by atoms with Crippen LogP contribution in [0.25, 0.3) is 21.7 Å². The Balaban J connectivity index is 1.40. The third-order valence-electron chi connectivity index (χ3n) is 4.84. The second kappa shape index (κ2) is 8.73. The average Bonchev–Trinajstić information content (AvgIpc) is 2.79. The number of para-hydroxylation sites is 1. The SMILES string of the molecule is CCn1nc(C(=O)NCCCOc2cccc3cccnc23)c2ccccc2c1=O. The molecule has 0 aliphatic rings. The van der Waals surface area contributed by atoms with Crippen molar-refractivity contribution in [1.29, 1.82) is 0 Å². The molecule has 0 saturated heterocycles. The van der Waals surface area contributed by atoms with Crippen molar-refractivity contribution in [3.63, 3.8) is 0 Å². The molecule has 0 bridgehead atoms. The zero-order chi connectivity index (χ0) is 20.9. The number of fused-ring (bicyclic) bond motifs is 2. The fourth-order valence-electron chi connectivity index (χ4n) is 3.35. The lowest BCUT2D eigenvalue weighted by Crippen LogP contribution is -2.31. The third-order valence-corrected chi connectivity index (χ3v) is 4.84. The highest BCUT2D eigenvalue weighted by atomic mass is 16.5. The molecule has 0 atom stereocenters. The van der Waals surface area contributed by atoms with Crippen LogP contribution in [0, 0.1) is 0 Å². The predicted molar refractivity (Wildman–Crippen MR) is 116 cm³/mol. The number of carbonyl (C=O) groups is 1. The molecular formula is C23H22N4O3. The molecular weight excluding hydrogens is 380 g/mol. The van der Waals surface area contributed by atoms with Crippen LogP contribution in [-0.2, 0) is 6.54 Å². The summed E-state index contributed by atoms with van der Waals surface area (Å²) in [5.41, 5.74) is 0.884. The van der Waals surface area contributed by atoms with Crippen LogP contribution in [0.2, 0.25) is 0 Å². The Labute approximate surface area is 173 Å². The fraction of sp³-hybridized carbons (Fsp3) is 0.217. The van der Waals surface area contributed by atoms with Gasteiger partial charge in [0.2, 0.25) is 0 Å². The molecule has 7 heteroatoms. The number of hydrogen-bond acceptors (Lipinski definition) is 5. The molecule has 0 spiro atoms. The molecule has 2 aromatic heterocycles. The number of rotatable bonds is 7. The summed E-state index contributed by atoms with van der Waals surface area (Å²) in [6.45, 7) is 3.10. The van der Waals surface area contributed by atoms with Crippen LogP contribution >= 0.6 is 0 Å². The van der Waals surface area contributed by atoms with Crippen molar-refractivity contribution in [2.24, 2.45) is 0 Å². The van der Waals surface area contributed by atoms with Gasteiger partial charge in [0.05, 0.1) is 12.0 Å². The first-order chi connectivity index (χ1) is 14.7. The van der Waals surface area contributed by atoms with Gasteiger partial charge in [0.25, 0.3) is 11.5 Å². The van der Waals surface area contributed by atoms with E-state index in [1.54, 1.807) is 30.5 Å². The van der Waals surface area contributed by atoms with Crippen molar-refractivity contribution in [3.05, 3.63) is 76.8 Å².